The molecule has 132 valence electrons. The average Bonchev–Trinajstić information content (AvgIpc) is 3.03. The SMILES string of the molecule is Cc1ccc(-n2ccc3c(nnc4nc(C(F)(F)F)nn43)c2=O)cc1Cl. The molecule has 0 bridgehead atoms. The maximum atomic E-state index is 12.8. The third kappa shape index (κ3) is 2.49. The van der Waals surface area contributed by atoms with Crippen LogP contribution >= 0.6 is 11.6 Å². The van der Waals surface area contributed by atoms with Crippen molar-refractivity contribution in [2.45, 2.75) is 13.1 Å². The molecule has 0 atom stereocenters. The number of halogens is 4. The molecular formula is C15H8ClF3N6O. The van der Waals surface area contributed by atoms with Crippen LogP contribution < -0.4 is 5.56 Å². The van der Waals surface area contributed by atoms with Crippen LogP contribution in [0.15, 0.2) is 35.3 Å². The van der Waals surface area contributed by atoms with Gasteiger partial charge >= 0.3 is 6.18 Å². The molecule has 11 heteroatoms. The highest BCUT2D eigenvalue weighted by atomic mass is 35.5. The van der Waals surface area contributed by atoms with E-state index in [1.54, 1.807) is 18.2 Å². The first-order valence-corrected chi connectivity index (χ1v) is 7.62. The van der Waals surface area contributed by atoms with Gasteiger partial charge in [-0.3, -0.25) is 9.36 Å². The molecule has 7 nitrogen and oxygen atoms in total. The van der Waals surface area contributed by atoms with Crippen molar-refractivity contribution in [3.63, 3.8) is 0 Å². The summed E-state index contributed by atoms with van der Waals surface area (Å²) in [4.78, 5) is 16.0. The van der Waals surface area contributed by atoms with Crippen molar-refractivity contribution < 1.29 is 13.2 Å². The number of hydrogen-bond acceptors (Lipinski definition) is 5. The van der Waals surface area contributed by atoms with Crippen LogP contribution in [0.25, 0.3) is 22.5 Å². The van der Waals surface area contributed by atoms with Gasteiger partial charge in [-0.15, -0.1) is 15.3 Å². The minimum absolute atomic E-state index is 0.0671. The number of nitrogens with zero attached hydrogens (tertiary/aromatic N) is 6. The Bertz CT molecular complexity index is 1230. The average molecular weight is 381 g/mol. The molecule has 0 aliphatic heterocycles. The van der Waals surface area contributed by atoms with Crippen molar-refractivity contribution in [2.75, 3.05) is 0 Å². The topological polar surface area (TPSA) is 78.0 Å². The number of aryl methyl sites for hydroxylation is 1. The van der Waals surface area contributed by atoms with Crippen molar-refractivity contribution in [3.05, 3.63) is 57.2 Å². The van der Waals surface area contributed by atoms with Gasteiger partial charge < -0.3 is 0 Å². The van der Waals surface area contributed by atoms with Gasteiger partial charge in [0.1, 0.15) is 5.52 Å². The summed E-state index contributed by atoms with van der Waals surface area (Å²) in [5, 5.41) is 11.2. The van der Waals surface area contributed by atoms with E-state index in [-0.39, 0.29) is 16.8 Å². The molecule has 0 spiro atoms. The molecule has 0 radical (unpaired) electrons. The molecule has 0 fully saturated rings. The van der Waals surface area contributed by atoms with Crippen LogP contribution in [0.4, 0.5) is 13.2 Å². The third-order valence-electron chi connectivity index (χ3n) is 3.79. The summed E-state index contributed by atoms with van der Waals surface area (Å²) in [5.74, 6) is -1.70. The monoisotopic (exact) mass is 380 g/mol. The summed E-state index contributed by atoms with van der Waals surface area (Å²) in [7, 11) is 0. The van der Waals surface area contributed by atoms with Gasteiger partial charge in [0.25, 0.3) is 17.2 Å². The maximum Gasteiger partial charge on any atom is 0.453 e. The van der Waals surface area contributed by atoms with Crippen molar-refractivity contribution in [3.8, 4) is 5.69 Å². The van der Waals surface area contributed by atoms with Crippen LogP contribution in [0, 0.1) is 6.92 Å². The van der Waals surface area contributed by atoms with Gasteiger partial charge in [0, 0.05) is 11.2 Å². The van der Waals surface area contributed by atoms with Gasteiger partial charge in [0.15, 0.2) is 5.52 Å². The largest absolute Gasteiger partial charge is 0.453 e. The van der Waals surface area contributed by atoms with Gasteiger partial charge in [-0.2, -0.15) is 22.7 Å². The highest BCUT2D eigenvalue weighted by Crippen LogP contribution is 2.26. The third-order valence-corrected chi connectivity index (χ3v) is 4.20. The van der Waals surface area contributed by atoms with E-state index in [4.69, 9.17) is 11.6 Å². The van der Waals surface area contributed by atoms with Crippen LogP contribution in [-0.2, 0) is 6.18 Å². The first-order chi connectivity index (χ1) is 12.3. The summed E-state index contributed by atoms with van der Waals surface area (Å²) >= 11 is 6.09. The summed E-state index contributed by atoms with van der Waals surface area (Å²) in [5.41, 5.74) is 0.686. The van der Waals surface area contributed by atoms with Crippen LogP contribution in [0.1, 0.15) is 11.4 Å². The molecule has 0 saturated heterocycles. The van der Waals surface area contributed by atoms with E-state index < -0.39 is 17.6 Å². The predicted molar refractivity (Wildman–Crippen MR) is 86.4 cm³/mol. The normalized spacial score (nSPS) is 12.2. The molecule has 26 heavy (non-hydrogen) atoms. The van der Waals surface area contributed by atoms with Crippen LogP contribution in [-0.4, -0.2) is 29.4 Å². The van der Waals surface area contributed by atoms with Crippen molar-refractivity contribution >= 4 is 28.4 Å². The number of rotatable bonds is 1. The van der Waals surface area contributed by atoms with E-state index in [1.807, 2.05) is 6.92 Å². The lowest BCUT2D eigenvalue weighted by Gasteiger charge is -2.08. The minimum Gasteiger partial charge on any atom is -0.282 e. The highest BCUT2D eigenvalue weighted by Gasteiger charge is 2.36. The lowest BCUT2D eigenvalue weighted by Crippen LogP contribution is -2.20. The zero-order valence-corrected chi connectivity index (χ0v) is 13.7. The molecule has 0 unspecified atom stereocenters. The number of benzene rings is 1. The van der Waals surface area contributed by atoms with Gasteiger partial charge in [0.2, 0.25) is 0 Å². The van der Waals surface area contributed by atoms with E-state index in [2.05, 4.69) is 20.3 Å². The lowest BCUT2D eigenvalue weighted by molar-refractivity contribution is -0.144. The van der Waals surface area contributed by atoms with Gasteiger partial charge in [-0.25, -0.2) is 0 Å². The van der Waals surface area contributed by atoms with E-state index >= 15 is 0 Å². The first kappa shape index (κ1) is 16.5. The standard InChI is InChI=1S/C15H8ClF3N6O/c1-7-2-3-8(6-9(7)16)24-5-4-10-11(12(24)26)21-22-14-20-13(15(17,18)19)23-25(10)14/h2-6H,1H3. The number of fused-ring (bicyclic) bond motifs is 3. The van der Waals surface area contributed by atoms with Crippen LogP contribution in [0.5, 0.6) is 0 Å². The number of aromatic nitrogens is 6. The van der Waals surface area contributed by atoms with Gasteiger partial charge in [-0.05, 0) is 30.7 Å². The van der Waals surface area contributed by atoms with Gasteiger partial charge in [-0.1, -0.05) is 17.7 Å². The molecule has 4 rings (SSSR count). The van der Waals surface area contributed by atoms with Gasteiger partial charge in [0.05, 0.1) is 5.69 Å². The van der Waals surface area contributed by atoms with Crippen molar-refractivity contribution in [1.82, 2.24) is 29.4 Å². The predicted octanol–water partition coefficient (Wildman–Crippen LogP) is 2.80. The smallest absolute Gasteiger partial charge is 0.282 e. The Labute approximate surface area is 147 Å². The van der Waals surface area contributed by atoms with E-state index in [9.17, 15) is 18.0 Å². The Morgan fingerprint density at radius 3 is 2.62 bits per heavy atom. The minimum atomic E-state index is -4.73. The summed E-state index contributed by atoms with van der Waals surface area (Å²) in [6, 6.07) is 6.46. The molecule has 4 aromatic rings. The second-order valence-electron chi connectivity index (χ2n) is 5.50. The quantitative estimate of drug-likeness (QED) is 0.507. The highest BCUT2D eigenvalue weighted by molar-refractivity contribution is 6.31. The molecule has 0 amide bonds. The van der Waals surface area contributed by atoms with E-state index in [0.717, 1.165) is 10.1 Å². The second kappa shape index (κ2) is 5.49. The fraction of sp³-hybridized carbons (Fsp3) is 0.133. The molecule has 0 aliphatic carbocycles. The number of alkyl halides is 3. The Morgan fingerprint density at radius 1 is 1.15 bits per heavy atom. The molecule has 1 aromatic carbocycles. The first-order valence-electron chi connectivity index (χ1n) is 7.24. The number of pyridine rings is 1. The zero-order valence-electron chi connectivity index (χ0n) is 13.0. The Balaban J connectivity index is 1.97. The maximum absolute atomic E-state index is 12.8. The van der Waals surface area contributed by atoms with Crippen molar-refractivity contribution in [2.24, 2.45) is 0 Å². The molecule has 3 aromatic heterocycles. The molecule has 3 heterocycles. The summed E-state index contributed by atoms with van der Waals surface area (Å²) in [6.07, 6.45) is -3.32. The zero-order chi connectivity index (χ0) is 18.6. The molecule has 0 saturated carbocycles. The lowest BCUT2D eigenvalue weighted by atomic mass is 10.2. The van der Waals surface area contributed by atoms with E-state index in [1.165, 1.54) is 16.8 Å². The fourth-order valence-electron chi connectivity index (χ4n) is 2.46. The van der Waals surface area contributed by atoms with Crippen molar-refractivity contribution in [1.29, 1.82) is 0 Å². The van der Waals surface area contributed by atoms with Crippen LogP contribution in [0.2, 0.25) is 5.02 Å². The molecule has 0 aliphatic rings. The fourth-order valence-corrected chi connectivity index (χ4v) is 2.64. The number of hydrogen-bond donors (Lipinski definition) is 0. The summed E-state index contributed by atoms with van der Waals surface area (Å²) < 4.78 is 40.5. The Morgan fingerprint density at radius 2 is 1.92 bits per heavy atom. The Kier molecular flexibility index (Phi) is 3.48. The second-order valence-corrected chi connectivity index (χ2v) is 5.91. The van der Waals surface area contributed by atoms with E-state index in [0.29, 0.717) is 10.7 Å². The summed E-state index contributed by atoms with van der Waals surface area (Å²) in [6.45, 7) is 1.82. The molecule has 0 N–H and O–H groups in total. The molecular weight excluding hydrogens is 373 g/mol. The Hall–Kier alpha value is -3.01. The van der Waals surface area contributed by atoms with Crippen LogP contribution in [0.3, 0.4) is 0 Å².